The lowest BCUT2D eigenvalue weighted by molar-refractivity contribution is -0.145. The molecule has 0 fully saturated rings. The zero-order chi connectivity index (χ0) is 19.7. The van der Waals surface area contributed by atoms with Gasteiger partial charge in [-0.3, -0.25) is 14.9 Å². The number of amides is 1. The SMILES string of the molecule is CCOC(=O)[C@H]1CCc2sc(NC(=O)c3nnn(-c4ccc(C)cc4)n3)nc21. The number of esters is 1. The summed E-state index contributed by atoms with van der Waals surface area (Å²) in [6.45, 7) is 4.09. The van der Waals surface area contributed by atoms with E-state index in [0.717, 1.165) is 16.9 Å². The van der Waals surface area contributed by atoms with E-state index < -0.39 is 5.91 Å². The van der Waals surface area contributed by atoms with Gasteiger partial charge in [-0.25, -0.2) is 4.98 Å². The topological polar surface area (TPSA) is 112 Å². The van der Waals surface area contributed by atoms with Crippen molar-refractivity contribution in [3.8, 4) is 5.69 Å². The highest BCUT2D eigenvalue weighted by Gasteiger charge is 2.34. The molecule has 28 heavy (non-hydrogen) atoms. The summed E-state index contributed by atoms with van der Waals surface area (Å²) >= 11 is 1.36. The van der Waals surface area contributed by atoms with Crippen LogP contribution in [0.2, 0.25) is 0 Å². The second kappa shape index (κ2) is 7.47. The summed E-state index contributed by atoms with van der Waals surface area (Å²) in [4.78, 5) is 31.2. The first-order chi connectivity index (χ1) is 13.5. The van der Waals surface area contributed by atoms with Gasteiger partial charge in [-0.05, 0) is 44.0 Å². The van der Waals surface area contributed by atoms with E-state index in [9.17, 15) is 9.59 Å². The van der Waals surface area contributed by atoms with Crippen LogP contribution < -0.4 is 5.32 Å². The first-order valence-electron chi connectivity index (χ1n) is 8.89. The third-order valence-electron chi connectivity index (χ3n) is 4.39. The Bertz CT molecular complexity index is 1030. The number of nitrogens with zero attached hydrogens (tertiary/aromatic N) is 5. The largest absolute Gasteiger partial charge is 0.465 e. The number of anilines is 1. The zero-order valence-electron chi connectivity index (χ0n) is 15.4. The molecule has 9 nitrogen and oxygen atoms in total. The van der Waals surface area contributed by atoms with Crippen LogP contribution in [0.25, 0.3) is 5.69 Å². The van der Waals surface area contributed by atoms with Crippen molar-refractivity contribution in [3.63, 3.8) is 0 Å². The molecule has 1 aliphatic rings. The van der Waals surface area contributed by atoms with Crippen molar-refractivity contribution < 1.29 is 14.3 Å². The van der Waals surface area contributed by atoms with Crippen molar-refractivity contribution in [1.82, 2.24) is 25.2 Å². The average Bonchev–Trinajstić information content (AvgIpc) is 3.37. The van der Waals surface area contributed by atoms with Gasteiger partial charge in [0.1, 0.15) is 5.92 Å². The van der Waals surface area contributed by atoms with Crippen LogP contribution in [0.4, 0.5) is 5.13 Å². The smallest absolute Gasteiger partial charge is 0.315 e. The van der Waals surface area contributed by atoms with Crippen molar-refractivity contribution in [3.05, 3.63) is 46.2 Å². The Hall–Kier alpha value is -3.14. The van der Waals surface area contributed by atoms with Crippen LogP contribution >= 0.6 is 11.3 Å². The van der Waals surface area contributed by atoms with E-state index in [1.165, 1.54) is 16.1 Å². The maximum absolute atomic E-state index is 12.4. The van der Waals surface area contributed by atoms with Gasteiger partial charge >= 0.3 is 5.97 Å². The number of thiazole rings is 1. The van der Waals surface area contributed by atoms with Crippen molar-refractivity contribution in [2.75, 3.05) is 11.9 Å². The van der Waals surface area contributed by atoms with Crippen LogP contribution in [0.15, 0.2) is 24.3 Å². The molecule has 3 aromatic rings. The number of tetrazole rings is 1. The van der Waals surface area contributed by atoms with Gasteiger partial charge in [-0.15, -0.1) is 26.3 Å². The van der Waals surface area contributed by atoms with Gasteiger partial charge in [0.05, 0.1) is 18.0 Å². The molecule has 4 rings (SSSR count). The summed E-state index contributed by atoms with van der Waals surface area (Å²) in [5.74, 6) is -1.19. The first-order valence-corrected chi connectivity index (χ1v) is 9.71. The molecule has 1 N–H and O–H groups in total. The number of aryl methyl sites for hydroxylation is 2. The van der Waals surface area contributed by atoms with E-state index in [-0.39, 0.29) is 17.7 Å². The molecule has 0 aliphatic heterocycles. The minimum absolute atomic E-state index is 0.0575. The lowest BCUT2D eigenvalue weighted by Crippen LogP contribution is -2.16. The van der Waals surface area contributed by atoms with Gasteiger partial charge in [0.15, 0.2) is 5.13 Å². The van der Waals surface area contributed by atoms with Crippen molar-refractivity contribution in [2.24, 2.45) is 0 Å². The molecule has 0 saturated carbocycles. The number of hydrogen-bond donors (Lipinski definition) is 1. The van der Waals surface area contributed by atoms with Gasteiger partial charge in [-0.2, -0.15) is 0 Å². The second-order valence-corrected chi connectivity index (χ2v) is 7.45. The highest BCUT2D eigenvalue weighted by molar-refractivity contribution is 7.16. The number of carbonyl (C=O) groups is 2. The second-order valence-electron chi connectivity index (χ2n) is 6.36. The Balaban J connectivity index is 1.47. The molecule has 0 radical (unpaired) electrons. The summed E-state index contributed by atoms with van der Waals surface area (Å²) in [5, 5.41) is 15.0. The Morgan fingerprint density at radius 2 is 2.11 bits per heavy atom. The van der Waals surface area contributed by atoms with Crippen molar-refractivity contribution >= 4 is 28.3 Å². The number of nitrogens with one attached hydrogen (secondary N) is 1. The molecule has 1 amide bonds. The third kappa shape index (κ3) is 3.50. The van der Waals surface area contributed by atoms with E-state index in [0.29, 0.717) is 29.5 Å². The fourth-order valence-electron chi connectivity index (χ4n) is 3.00. The van der Waals surface area contributed by atoms with Gasteiger partial charge in [-0.1, -0.05) is 17.7 Å². The van der Waals surface area contributed by atoms with E-state index in [2.05, 4.69) is 25.7 Å². The molecule has 1 aliphatic carbocycles. The molecule has 10 heteroatoms. The van der Waals surface area contributed by atoms with Crippen LogP contribution in [0.5, 0.6) is 0 Å². The summed E-state index contributed by atoms with van der Waals surface area (Å²) in [6.07, 6.45) is 1.43. The fourth-order valence-corrected chi connectivity index (χ4v) is 4.03. The van der Waals surface area contributed by atoms with Gasteiger partial charge in [0, 0.05) is 4.88 Å². The van der Waals surface area contributed by atoms with Crippen LogP contribution in [0, 0.1) is 6.92 Å². The normalized spacial score (nSPS) is 15.3. The van der Waals surface area contributed by atoms with Gasteiger partial charge < -0.3 is 4.74 Å². The highest BCUT2D eigenvalue weighted by Crippen LogP contribution is 2.39. The van der Waals surface area contributed by atoms with Crippen LogP contribution in [-0.4, -0.2) is 43.7 Å². The first kappa shape index (κ1) is 18.2. The molecule has 144 valence electrons. The Labute approximate surface area is 164 Å². The van der Waals surface area contributed by atoms with Crippen molar-refractivity contribution in [2.45, 2.75) is 32.6 Å². The molecule has 1 atom stereocenters. The third-order valence-corrected chi connectivity index (χ3v) is 5.44. The monoisotopic (exact) mass is 398 g/mol. The number of benzene rings is 1. The number of aromatic nitrogens is 5. The number of fused-ring (bicyclic) bond motifs is 1. The Morgan fingerprint density at radius 1 is 1.32 bits per heavy atom. The molecule has 2 aromatic heterocycles. The zero-order valence-corrected chi connectivity index (χ0v) is 16.2. The summed E-state index contributed by atoms with van der Waals surface area (Å²) in [7, 11) is 0. The molecular formula is C18H18N6O3S. The predicted octanol–water partition coefficient (Wildman–Crippen LogP) is 2.27. The summed E-state index contributed by atoms with van der Waals surface area (Å²) < 4.78 is 5.10. The van der Waals surface area contributed by atoms with Gasteiger partial charge in [0.25, 0.3) is 11.7 Å². The highest BCUT2D eigenvalue weighted by atomic mass is 32.1. The molecular weight excluding hydrogens is 380 g/mol. The van der Waals surface area contributed by atoms with Crippen LogP contribution in [0.3, 0.4) is 0 Å². The van der Waals surface area contributed by atoms with E-state index >= 15 is 0 Å². The average molecular weight is 398 g/mol. The lowest BCUT2D eigenvalue weighted by Gasteiger charge is -2.07. The number of hydrogen-bond acceptors (Lipinski definition) is 8. The van der Waals surface area contributed by atoms with Gasteiger partial charge in [0.2, 0.25) is 0 Å². The van der Waals surface area contributed by atoms with E-state index in [4.69, 9.17) is 4.74 Å². The maximum Gasteiger partial charge on any atom is 0.315 e. The molecule has 0 saturated heterocycles. The summed E-state index contributed by atoms with van der Waals surface area (Å²) in [6, 6.07) is 7.55. The molecule has 1 aromatic carbocycles. The van der Waals surface area contributed by atoms with E-state index in [1.54, 1.807) is 6.92 Å². The standard InChI is InChI=1S/C18H18N6O3S/c1-3-27-17(26)12-8-9-13-14(12)19-18(28-13)20-16(25)15-21-23-24(22-15)11-6-4-10(2)5-7-11/h4-7,12H,3,8-9H2,1-2H3,(H,19,20,25)/t12-/m0/s1. The van der Waals surface area contributed by atoms with Crippen LogP contribution in [-0.2, 0) is 16.0 Å². The minimum atomic E-state index is -0.501. The van der Waals surface area contributed by atoms with Crippen LogP contribution in [0.1, 0.15) is 46.0 Å². The Morgan fingerprint density at radius 3 is 2.86 bits per heavy atom. The summed E-state index contributed by atoms with van der Waals surface area (Å²) in [5.41, 5.74) is 2.51. The van der Waals surface area contributed by atoms with Crippen molar-refractivity contribution in [1.29, 1.82) is 0 Å². The lowest BCUT2D eigenvalue weighted by atomic mass is 10.1. The molecule has 0 unspecified atom stereocenters. The maximum atomic E-state index is 12.4. The fraction of sp³-hybridized carbons (Fsp3) is 0.333. The predicted molar refractivity (Wildman–Crippen MR) is 102 cm³/mol. The molecule has 0 bridgehead atoms. The number of rotatable bonds is 5. The van der Waals surface area contributed by atoms with E-state index in [1.807, 2.05) is 31.2 Å². The molecule has 0 spiro atoms. The quantitative estimate of drug-likeness (QED) is 0.656. The number of ether oxygens (including phenoxy) is 1. The minimum Gasteiger partial charge on any atom is -0.465 e. The Kier molecular flexibility index (Phi) is 4.86. The number of carbonyl (C=O) groups excluding carboxylic acids is 2. The molecule has 2 heterocycles.